The Morgan fingerprint density at radius 1 is 1.38 bits per heavy atom. The van der Waals surface area contributed by atoms with E-state index in [-0.39, 0.29) is 11.0 Å². The van der Waals surface area contributed by atoms with Crippen LogP contribution in [-0.2, 0) is 6.67 Å². The van der Waals surface area contributed by atoms with Crippen molar-refractivity contribution in [1.29, 1.82) is 0 Å². The van der Waals surface area contributed by atoms with Gasteiger partial charge < -0.3 is 10.8 Å². The van der Waals surface area contributed by atoms with Crippen LogP contribution in [0.15, 0.2) is 22.4 Å². The van der Waals surface area contributed by atoms with Crippen molar-refractivity contribution >= 4 is 33.9 Å². The molecule has 26 heavy (non-hydrogen) atoms. The summed E-state index contributed by atoms with van der Waals surface area (Å²) in [6.07, 6.45) is 3.70. The zero-order chi connectivity index (χ0) is 18.8. The number of aromatic nitrogens is 1. The van der Waals surface area contributed by atoms with E-state index >= 15 is 0 Å². The molecule has 3 rings (SSSR count). The Hall–Kier alpha value is -1.99. The van der Waals surface area contributed by atoms with Crippen LogP contribution >= 0.6 is 12.2 Å². The van der Waals surface area contributed by atoms with Crippen molar-refractivity contribution in [3.8, 4) is 5.88 Å². The maximum absolute atomic E-state index is 10.9. The van der Waals surface area contributed by atoms with Crippen molar-refractivity contribution in [2.45, 2.75) is 46.7 Å². The molecule has 2 aromatic rings. The van der Waals surface area contributed by atoms with Crippen LogP contribution in [0.4, 0.5) is 5.69 Å². The molecule has 1 aliphatic carbocycles. The van der Waals surface area contributed by atoms with Gasteiger partial charge in [0.25, 0.3) is 0 Å². The van der Waals surface area contributed by atoms with Gasteiger partial charge in [-0.15, -0.1) is 10.2 Å². The number of rotatable bonds is 7. The summed E-state index contributed by atoms with van der Waals surface area (Å²) in [6.45, 7) is 8.98. The van der Waals surface area contributed by atoms with Crippen LogP contribution in [-0.4, -0.2) is 32.8 Å². The molecule has 0 aliphatic heterocycles. The van der Waals surface area contributed by atoms with Crippen LogP contribution in [0.1, 0.15) is 37.3 Å². The number of azo groups is 1. The Labute approximate surface area is 159 Å². The van der Waals surface area contributed by atoms with Crippen LogP contribution in [0.25, 0.3) is 10.9 Å². The molecule has 0 amide bonds. The molecule has 7 heteroatoms. The molecule has 0 saturated heterocycles. The molecule has 0 radical (unpaired) electrons. The maximum Gasteiger partial charge on any atom is 0.221 e. The van der Waals surface area contributed by atoms with Gasteiger partial charge >= 0.3 is 0 Å². The first-order valence-electron chi connectivity index (χ1n) is 9.17. The first-order chi connectivity index (χ1) is 12.4. The Morgan fingerprint density at radius 2 is 2.12 bits per heavy atom. The highest BCUT2D eigenvalue weighted by Gasteiger charge is 2.26. The molecule has 0 atom stereocenters. The highest BCUT2D eigenvalue weighted by atomic mass is 32.1. The van der Waals surface area contributed by atoms with Gasteiger partial charge in [-0.05, 0) is 75.0 Å². The summed E-state index contributed by atoms with van der Waals surface area (Å²) < 4.78 is 1.92. The Balaban J connectivity index is 2.07. The number of fused-ring (bicyclic) bond motifs is 1. The van der Waals surface area contributed by atoms with Crippen molar-refractivity contribution in [2.75, 3.05) is 13.1 Å². The van der Waals surface area contributed by atoms with Crippen molar-refractivity contribution < 1.29 is 5.11 Å². The Morgan fingerprint density at radius 3 is 2.73 bits per heavy atom. The second kappa shape index (κ2) is 7.72. The quantitative estimate of drug-likeness (QED) is 0.558. The third-order valence-corrected chi connectivity index (χ3v) is 5.13. The highest BCUT2D eigenvalue weighted by molar-refractivity contribution is 7.80. The van der Waals surface area contributed by atoms with Gasteiger partial charge in [0.1, 0.15) is 0 Å². The first-order valence-corrected chi connectivity index (χ1v) is 9.58. The summed E-state index contributed by atoms with van der Waals surface area (Å²) in [4.78, 5) is 2.40. The number of hydrogen-bond acceptors (Lipinski definition) is 4. The predicted molar refractivity (Wildman–Crippen MR) is 109 cm³/mol. The third kappa shape index (κ3) is 3.88. The predicted octanol–water partition coefficient (Wildman–Crippen LogP) is 4.37. The molecular weight excluding hydrogens is 346 g/mol. The average Bonchev–Trinajstić information content (AvgIpc) is 3.36. The summed E-state index contributed by atoms with van der Waals surface area (Å²) in [5, 5.41) is 19.7. The summed E-state index contributed by atoms with van der Waals surface area (Å²) in [5.41, 5.74) is 9.09. The fourth-order valence-corrected chi connectivity index (χ4v) is 3.46. The van der Waals surface area contributed by atoms with Crippen LogP contribution in [0.5, 0.6) is 5.88 Å². The third-order valence-electron chi connectivity index (χ3n) is 5.05. The summed E-state index contributed by atoms with van der Waals surface area (Å²) in [6, 6.07) is 4.12. The van der Waals surface area contributed by atoms with Gasteiger partial charge in [-0.3, -0.25) is 9.47 Å². The SMILES string of the molecule is CCCN(CC1CC1)Cn1c(O)c(N=NC(N)=S)c2c(C)c(C)ccc21. The van der Waals surface area contributed by atoms with Crippen molar-refractivity contribution in [3.63, 3.8) is 0 Å². The molecule has 0 bridgehead atoms. The minimum absolute atomic E-state index is 0.0445. The summed E-state index contributed by atoms with van der Waals surface area (Å²) in [7, 11) is 0. The lowest BCUT2D eigenvalue weighted by molar-refractivity contribution is 0.203. The van der Waals surface area contributed by atoms with Gasteiger partial charge in [-0.2, -0.15) is 0 Å². The van der Waals surface area contributed by atoms with E-state index in [1.165, 1.54) is 12.8 Å². The molecule has 1 aromatic heterocycles. The number of benzene rings is 1. The number of thiocarbonyl (C=S) groups is 1. The van der Waals surface area contributed by atoms with E-state index in [4.69, 9.17) is 18.0 Å². The van der Waals surface area contributed by atoms with Gasteiger partial charge in [0.05, 0.1) is 12.2 Å². The molecule has 1 fully saturated rings. The Bertz CT molecular complexity index is 853. The topological polar surface area (TPSA) is 79.1 Å². The van der Waals surface area contributed by atoms with Gasteiger partial charge in [-0.1, -0.05) is 13.0 Å². The smallest absolute Gasteiger partial charge is 0.221 e. The van der Waals surface area contributed by atoms with Gasteiger partial charge in [-0.25, -0.2) is 0 Å². The largest absolute Gasteiger partial charge is 0.493 e. The Kier molecular flexibility index (Phi) is 5.58. The normalized spacial score (nSPS) is 14.8. The summed E-state index contributed by atoms with van der Waals surface area (Å²) in [5.74, 6) is 0.911. The molecule has 1 aromatic carbocycles. The van der Waals surface area contributed by atoms with E-state index < -0.39 is 0 Å². The van der Waals surface area contributed by atoms with Crippen molar-refractivity contribution in [1.82, 2.24) is 9.47 Å². The molecule has 1 aliphatic rings. The van der Waals surface area contributed by atoms with E-state index in [1.54, 1.807) is 0 Å². The standard InChI is InChI=1S/C19H27N5OS/c1-4-9-23(10-14-6-7-14)11-24-15-8-5-12(2)13(3)16(15)17(18(24)25)21-22-19(20)26/h5,8,14,25H,4,6-7,9-11H2,1-3H3,(H2,20,26). The molecule has 140 valence electrons. The van der Waals surface area contributed by atoms with E-state index in [0.717, 1.165) is 47.5 Å². The molecule has 3 N–H and O–H groups in total. The van der Waals surface area contributed by atoms with Crippen molar-refractivity contribution in [3.05, 3.63) is 23.3 Å². The number of aromatic hydroxyl groups is 1. The first kappa shape index (κ1) is 18.8. The lowest BCUT2D eigenvalue weighted by Crippen LogP contribution is -2.29. The van der Waals surface area contributed by atoms with Crippen LogP contribution in [0.2, 0.25) is 0 Å². The fraction of sp³-hybridized carbons (Fsp3) is 0.526. The molecule has 1 saturated carbocycles. The molecular formula is C19H27N5OS. The van der Waals surface area contributed by atoms with Gasteiger partial charge in [0.2, 0.25) is 11.0 Å². The average molecular weight is 374 g/mol. The fourth-order valence-electron chi connectivity index (χ4n) is 3.42. The zero-order valence-corrected chi connectivity index (χ0v) is 16.5. The second-order valence-electron chi connectivity index (χ2n) is 7.20. The van der Waals surface area contributed by atoms with Gasteiger partial charge in [0, 0.05) is 11.9 Å². The lowest BCUT2D eigenvalue weighted by atomic mass is 10.1. The summed E-state index contributed by atoms with van der Waals surface area (Å²) >= 11 is 4.81. The van der Waals surface area contributed by atoms with E-state index in [2.05, 4.69) is 28.1 Å². The van der Waals surface area contributed by atoms with E-state index in [0.29, 0.717) is 12.4 Å². The minimum Gasteiger partial charge on any atom is -0.493 e. The highest BCUT2D eigenvalue weighted by Crippen LogP contribution is 2.42. The molecule has 0 spiro atoms. The monoisotopic (exact) mass is 373 g/mol. The van der Waals surface area contributed by atoms with E-state index in [1.807, 2.05) is 24.5 Å². The number of aryl methyl sites for hydroxylation is 2. The van der Waals surface area contributed by atoms with Crippen LogP contribution in [0.3, 0.4) is 0 Å². The van der Waals surface area contributed by atoms with Crippen LogP contribution in [0, 0.1) is 19.8 Å². The molecule has 6 nitrogen and oxygen atoms in total. The molecule has 1 heterocycles. The van der Waals surface area contributed by atoms with E-state index in [9.17, 15) is 5.11 Å². The number of nitrogens with two attached hydrogens (primary N) is 1. The maximum atomic E-state index is 10.9. The van der Waals surface area contributed by atoms with Gasteiger partial charge in [0.15, 0.2) is 5.69 Å². The van der Waals surface area contributed by atoms with Crippen LogP contribution < -0.4 is 5.73 Å². The number of nitrogens with zero attached hydrogens (tertiary/aromatic N) is 4. The number of hydrogen-bond donors (Lipinski definition) is 2. The zero-order valence-electron chi connectivity index (χ0n) is 15.7. The molecule has 0 unspecified atom stereocenters. The second-order valence-corrected chi connectivity index (χ2v) is 7.62. The van der Waals surface area contributed by atoms with Crippen molar-refractivity contribution in [2.24, 2.45) is 21.9 Å². The lowest BCUT2D eigenvalue weighted by Gasteiger charge is -2.23. The minimum atomic E-state index is -0.0445.